The molecule has 0 aromatic heterocycles. The van der Waals surface area contributed by atoms with Gasteiger partial charge in [0.15, 0.2) is 11.6 Å². The Labute approximate surface area is 99.8 Å². The fourth-order valence-electron chi connectivity index (χ4n) is 1.27. The van der Waals surface area contributed by atoms with Gasteiger partial charge in [0.25, 0.3) is 0 Å². The number of carboxylic acids is 1. The van der Waals surface area contributed by atoms with Crippen molar-refractivity contribution in [2.24, 2.45) is 0 Å². The van der Waals surface area contributed by atoms with E-state index in [1.54, 1.807) is 0 Å². The van der Waals surface area contributed by atoms with E-state index < -0.39 is 30.6 Å². The lowest BCUT2D eigenvalue weighted by Crippen LogP contribution is -2.08. The molecule has 0 aliphatic rings. The highest BCUT2D eigenvalue weighted by molar-refractivity contribution is 6.17. The average molecular weight is 269 g/mol. The molecule has 0 amide bonds. The highest BCUT2D eigenvalue weighted by Crippen LogP contribution is 2.26. The van der Waals surface area contributed by atoms with Crippen molar-refractivity contribution in [2.45, 2.75) is 18.9 Å². The number of ether oxygens (including phenoxy) is 1. The molecular weight excluding hydrogens is 261 g/mol. The molecule has 0 bridgehead atoms. The van der Waals surface area contributed by atoms with E-state index in [0.29, 0.717) is 5.56 Å². The fourth-order valence-corrected chi connectivity index (χ4v) is 1.42. The Morgan fingerprint density at radius 1 is 1.47 bits per heavy atom. The van der Waals surface area contributed by atoms with Crippen LogP contribution in [0.2, 0.25) is 0 Å². The SMILES string of the molecule is O=C(O)Cc1cc(CCl)cc(OC(F)F)c1F. The van der Waals surface area contributed by atoms with Gasteiger partial charge in [-0.2, -0.15) is 8.78 Å². The third-order valence-electron chi connectivity index (χ3n) is 1.89. The molecule has 1 aromatic carbocycles. The number of halogens is 4. The molecule has 0 heterocycles. The molecule has 1 rings (SSSR count). The van der Waals surface area contributed by atoms with Crippen LogP contribution in [0.3, 0.4) is 0 Å². The first-order valence-electron chi connectivity index (χ1n) is 4.48. The van der Waals surface area contributed by atoms with Crippen LogP contribution in [0.5, 0.6) is 5.75 Å². The number of aliphatic carboxylic acids is 1. The minimum Gasteiger partial charge on any atom is -0.481 e. The molecule has 0 radical (unpaired) electrons. The normalized spacial score (nSPS) is 10.6. The zero-order valence-corrected chi connectivity index (χ0v) is 9.18. The molecule has 7 heteroatoms. The molecule has 0 saturated heterocycles. The molecule has 0 fully saturated rings. The zero-order valence-electron chi connectivity index (χ0n) is 8.42. The Morgan fingerprint density at radius 3 is 2.59 bits per heavy atom. The molecule has 0 aliphatic carbocycles. The summed E-state index contributed by atoms with van der Waals surface area (Å²) in [5, 5.41) is 8.54. The Bertz CT molecular complexity index is 424. The van der Waals surface area contributed by atoms with Crippen molar-refractivity contribution in [1.82, 2.24) is 0 Å². The van der Waals surface area contributed by atoms with Crippen molar-refractivity contribution in [3.8, 4) is 5.75 Å². The van der Waals surface area contributed by atoms with Gasteiger partial charge in [0.1, 0.15) is 0 Å². The fraction of sp³-hybridized carbons (Fsp3) is 0.300. The van der Waals surface area contributed by atoms with E-state index in [1.165, 1.54) is 6.07 Å². The van der Waals surface area contributed by atoms with Gasteiger partial charge in [0.05, 0.1) is 6.42 Å². The van der Waals surface area contributed by atoms with Gasteiger partial charge in [-0.15, -0.1) is 11.6 Å². The van der Waals surface area contributed by atoms with Crippen LogP contribution < -0.4 is 4.74 Å². The summed E-state index contributed by atoms with van der Waals surface area (Å²) in [6.07, 6.45) is -0.629. The van der Waals surface area contributed by atoms with E-state index in [1.807, 2.05) is 0 Å². The predicted octanol–water partition coefficient (Wildman–Crippen LogP) is 2.79. The first-order chi connectivity index (χ1) is 7.93. The van der Waals surface area contributed by atoms with E-state index in [9.17, 15) is 18.0 Å². The predicted molar refractivity (Wildman–Crippen MR) is 53.9 cm³/mol. The molecule has 1 N–H and O–H groups in total. The standard InChI is InChI=1S/C10H8ClF3O3/c11-4-5-1-6(3-8(15)16)9(12)7(2-5)17-10(13)14/h1-2,10H,3-4H2,(H,15,16). The number of benzene rings is 1. The molecule has 0 unspecified atom stereocenters. The summed E-state index contributed by atoms with van der Waals surface area (Å²) >= 11 is 5.48. The van der Waals surface area contributed by atoms with Crippen LogP contribution in [0.15, 0.2) is 12.1 Å². The Balaban J connectivity index is 3.15. The lowest BCUT2D eigenvalue weighted by molar-refractivity contribution is -0.136. The van der Waals surface area contributed by atoms with E-state index in [-0.39, 0.29) is 11.4 Å². The highest BCUT2D eigenvalue weighted by Gasteiger charge is 2.17. The minimum absolute atomic E-state index is 0.0630. The molecule has 17 heavy (non-hydrogen) atoms. The average Bonchev–Trinajstić information content (AvgIpc) is 2.22. The molecular formula is C10H8ClF3O3. The quantitative estimate of drug-likeness (QED) is 0.835. The summed E-state index contributed by atoms with van der Waals surface area (Å²) in [5.41, 5.74) is 0.0614. The number of hydrogen-bond donors (Lipinski definition) is 1. The van der Waals surface area contributed by atoms with Crippen molar-refractivity contribution in [1.29, 1.82) is 0 Å². The molecule has 1 aromatic rings. The number of alkyl halides is 3. The van der Waals surface area contributed by atoms with E-state index in [4.69, 9.17) is 16.7 Å². The third kappa shape index (κ3) is 3.81. The summed E-state index contributed by atoms with van der Waals surface area (Å²) in [7, 11) is 0. The lowest BCUT2D eigenvalue weighted by atomic mass is 10.1. The van der Waals surface area contributed by atoms with E-state index in [0.717, 1.165) is 6.07 Å². The Hall–Kier alpha value is -1.43. The van der Waals surface area contributed by atoms with Crippen molar-refractivity contribution in [3.05, 3.63) is 29.1 Å². The maximum atomic E-state index is 13.5. The van der Waals surface area contributed by atoms with Crippen LogP contribution in [0.4, 0.5) is 13.2 Å². The van der Waals surface area contributed by atoms with Crippen molar-refractivity contribution < 1.29 is 27.8 Å². The first-order valence-corrected chi connectivity index (χ1v) is 5.01. The number of carboxylic acid groups (broad SMARTS) is 1. The maximum absolute atomic E-state index is 13.5. The van der Waals surface area contributed by atoms with Crippen molar-refractivity contribution in [3.63, 3.8) is 0 Å². The number of rotatable bonds is 5. The second-order valence-corrected chi connectivity index (χ2v) is 3.42. The van der Waals surface area contributed by atoms with Crippen LogP contribution in [-0.2, 0) is 17.1 Å². The molecule has 0 aliphatic heterocycles. The van der Waals surface area contributed by atoms with Gasteiger partial charge in [-0.25, -0.2) is 4.39 Å². The highest BCUT2D eigenvalue weighted by atomic mass is 35.5. The number of hydrogen-bond acceptors (Lipinski definition) is 2. The minimum atomic E-state index is -3.19. The van der Waals surface area contributed by atoms with Crippen LogP contribution in [0.25, 0.3) is 0 Å². The molecule has 0 spiro atoms. The van der Waals surface area contributed by atoms with Crippen LogP contribution in [0.1, 0.15) is 11.1 Å². The van der Waals surface area contributed by atoms with Gasteiger partial charge in [-0.05, 0) is 11.6 Å². The molecule has 0 saturated carbocycles. The van der Waals surface area contributed by atoms with Gasteiger partial charge in [0.2, 0.25) is 0 Å². The summed E-state index contributed by atoms with van der Waals surface area (Å²) in [6.45, 7) is -3.19. The summed E-state index contributed by atoms with van der Waals surface area (Å²) in [4.78, 5) is 10.5. The van der Waals surface area contributed by atoms with Crippen LogP contribution in [0, 0.1) is 5.82 Å². The van der Waals surface area contributed by atoms with Gasteiger partial charge < -0.3 is 9.84 Å². The molecule has 0 atom stereocenters. The monoisotopic (exact) mass is 268 g/mol. The van der Waals surface area contributed by atoms with Gasteiger partial charge >= 0.3 is 12.6 Å². The topological polar surface area (TPSA) is 46.5 Å². The molecule has 94 valence electrons. The van der Waals surface area contributed by atoms with Crippen molar-refractivity contribution in [2.75, 3.05) is 0 Å². The van der Waals surface area contributed by atoms with Gasteiger partial charge in [0, 0.05) is 11.4 Å². The van der Waals surface area contributed by atoms with Crippen molar-refractivity contribution >= 4 is 17.6 Å². The van der Waals surface area contributed by atoms with Gasteiger partial charge in [-0.1, -0.05) is 6.07 Å². The van der Waals surface area contributed by atoms with E-state index >= 15 is 0 Å². The third-order valence-corrected chi connectivity index (χ3v) is 2.20. The smallest absolute Gasteiger partial charge is 0.387 e. The Kier molecular flexibility index (Phi) is 4.62. The van der Waals surface area contributed by atoms with E-state index in [2.05, 4.69) is 4.74 Å². The second-order valence-electron chi connectivity index (χ2n) is 3.15. The van der Waals surface area contributed by atoms with Crippen LogP contribution in [-0.4, -0.2) is 17.7 Å². The second kappa shape index (κ2) is 5.77. The molecule has 3 nitrogen and oxygen atoms in total. The summed E-state index contributed by atoms with van der Waals surface area (Å²) < 4.78 is 41.5. The first kappa shape index (κ1) is 13.6. The lowest BCUT2D eigenvalue weighted by Gasteiger charge is -2.10. The largest absolute Gasteiger partial charge is 0.481 e. The van der Waals surface area contributed by atoms with Gasteiger partial charge in [-0.3, -0.25) is 4.79 Å². The van der Waals surface area contributed by atoms with Crippen LogP contribution >= 0.6 is 11.6 Å². The maximum Gasteiger partial charge on any atom is 0.387 e. The summed E-state index contributed by atoms with van der Waals surface area (Å²) in [6, 6.07) is 2.22. The Morgan fingerprint density at radius 2 is 2.12 bits per heavy atom. The summed E-state index contributed by atoms with van der Waals surface area (Å²) in [5.74, 6) is -3.15. The zero-order chi connectivity index (χ0) is 13.0. The number of carbonyl (C=O) groups is 1.